The predicted molar refractivity (Wildman–Crippen MR) is 104 cm³/mol. The number of benzene rings is 1. The number of nitrogens with one attached hydrogen (secondary N) is 2. The Kier molecular flexibility index (Phi) is 7.58. The molecule has 0 saturated carbocycles. The number of likely N-dealkylation sites (N-methyl/N-ethyl adjacent to an activating group) is 1. The van der Waals surface area contributed by atoms with Gasteiger partial charge in [-0.25, -0.2) is 4.79 Å². The molecule has 9 nitrogen and oxygen atoms in total. The Bertz CT molecular complexity index is 781. The number of aliphatic carboxylic acids is 1. The summed E-state index contributed by atoms with van der Waals surface area (Å²) in [6.07, 6.45) is 0.154. The maximum atomic E-state index is 12.8. The van der Waals surface area contributed by atoms with Crippen LogP contribution in [0.5, 0.6) is 5.75 Å². The maximum absolute atomic E-state index is 12.8. The molecule has 1 aromatic carbocycles. The molecule has 1 aromatic rings. The van der Waals surface area contributed by atoms with Crippen LogP contribution >= 0.6 is 0 Å². The number of carboxylic acid groups (broad SMARTS) is 1. The first-order valence-corrected chi connectivity index (χ1v) is 9.54. The Morgan fingerprint density at radius 1 is 1.28 bits per heavy atom. The van der Waals surface area contributed by atoms with E-state index in [1.807, 2.05) is 13.8 Å². The topological polar surface area (TPSA) is 125 Å². The van der Waals surface area contributed by atoms with Gasteiger partial charge in [-0.05, 0) is 18.1 Å². The van der Waals surface area contributed by atoms with E-state index >= 15 is 0 Å². The van der Waals surface area contributed by atoms with Gasteiger partial charge in [0.1, 0.15) is 24.4 Å². The van der Waals surface area contributed by atoms with E-state index in [9.17, 15) is 24.3 Å². The Hall–Kier alpha value is -3.10. The lowest BCUT2D eigenvalue weighted by molar-refractivity contribution is -0.142. The first-order chi connectivity index (χ1) is 13.7. The standard InChI is InChI=1S/C20H27N3O6/c1-4-12(2)17-19(26)23(3)9-10-29-15-8-6-5-7-13(15)18(25)21-14(20(27)28)11-16(24)22-17/h5-8,12,14,17H,4,9-11H2,1-3H3,(H,21,25)(H,22,24)(H,27,28)/t12-,14+,17+/m1/s1. The minimum absolute atomic E-state index is 0.135. The number of rotatable bonds is 3. The van der Waals surface area contributed by atoms with Gasteiger partial charge in [0.05, 0.1) is 18.5 Å². The van der Waals surface area contributed by atoms with E-state index in [1.165, 1.54) is 11.0 Å². The highest BCUT2D eigenvalue weighted by Gasteiger charge is 2.31. The van der Waals surface area contributed by atoms with E-state index in [4.69, 9.17) is 4.74 Å². The molecule has 1 aliphatic heterocycles. The molecule has 158 valence electrons. The van der Waals surface area contributed by atoms with Crippen molar-refractivity contribution in [3.8, 4) is 5.75 Å². The molecule has 3 N–H and O–H groups in total. The second-order valence-corrected chi connectivity index (χ2v) is 7.10. The average molecular weight is 405 g/mol. The van der Waals surface area contributed by atoms with E-state index in [1.54, 1.807) is 25.2 Å². The maximum Gasteiger partial charge on any atom is 0.326 e. The predicted octanol–water partition coefficient (Wildman–Crippen LogP) is 0.641. The third kappa shape index (κ3) is 5.69. The van der Waals surface area contributed by atoms with Gasteiger partial charge in [0.15, 0.2) is 0 Å². The molecule has 0 aromatic heterocycles. The van der Waals surface area contributed by atoms with Crippen molar-refractivity contribution in [1.29, 1.82) is 0 Å². The first-order valence-electron chi connectivity index (χ1n) is 9.54. The number of hydrogen-bond donors (Lipinski definition) is 3. The van der Waals surface area contributed by atoms with Crippen LogP contribution in [0, 0.1) is 5.92 Å². The molecule has 1 aliphatic rings. The summed E-state index contributed by atoms with van der Waals surface area (Å²) in [7, 11) is 1.61. The molecule has 0 aliphatic carbocycles. The van der Waals surface area contributed by atoms with Crippen LogP contribution in [0.25, 0.3) is 0 Å². The molecule has 3 atom stereocenters. The highest BCUT2D eigenvalue weighted by Crippen LogP contribution is 2.19. The lowest BCUT2D eigenvalue weighted by Gasteiger charge is -2.29. The van der Waals surface area contributed by atoms with Crippen molar-refractivity contribution in [3.05, 3.63) is 29.8 Å². The molecule has 0 radical (unpaired) electrons. The molecule has 0 bridgehead atoms. The van der Waals surface area contributed by atoms with Crippen molar-refractivity contribution in [2.45, 2.75) is 38.8 Å². The van der Waals surface area contributed by atoms with Crippen molar-refractivity contribution in [2.24, 2.45) is 5.92 Å². The van der Waals surface area contributed by atoms with Gasteiger partial charge in [-0.2, -0.15) is 0 Å². The first kappa shape index (κ1) is 22.2. The summed E-state index contributed by atoms with van der Waals surface area (Å²) in [5, 5.41) is 14.4. The minimum Gasteiger partial charge on any atom is -0.491 e. The molecule has 29 heavy (non-hydrogen) atoms. The van der Waals surface area contributed by atoms with E-state index in [0.29, 0.717) is 6.42 Å². The summed E-state index contributed by atoms with van der Waals surface area (Å²) in [5.74, 6) is -2.77. The van der Waals surface area contributed by atoms with Crippen LogP contribution < -0.4 is 15.4 Å². The van der Waals surface area contributed by atoms with Crippen molar-refractivity contribution >= 4 is 23.7 Å². The van der Waals surface area contributed by atoms with E-state index < -0.39 is 36.3 Å². The molecule has 1 heterocycles. The van der Waals surface area contributed by atoms with Crippen LogP contribution in [0.15, 0.2) is 24.3 Å². The number of carbonyl (C=O) groups is 4. The number of carboxylic acids is 1. The SMILES string of the molecule is CC[C@@H](C)[C@@H]1NC(=O)C[C@@H](C(=O)O)NC(=O)c2ccccc2OCCN(C)C1=O. The van der Waals surface area contributed by atoms with Gasteiger partial charge in [0.2, 0.25) is 11.8 Å². The van der Waals surface area contributed by atoms with Crippen LogP contribution in [0.3, 0.4) is 0 Å². The molecular weight excluding hydrogens is 378 g/mol. The Labute approximate surface area is 169 Å². The number of fused-ring (bicyclic) bond motifs is 1. The van der Waals surface area contributed by atoms with E-state index in [0.717, 1.165) is 0 Å². The Morgan fingerprint density at radius 2 is 1.97 bits per heavy atom. The van der Waals surface area contributed by atoms with Gasteiger partial charge in [-0.3, -0.25) is 14.4 Å². The normalized spacial score (nSPS) is 22.4. The van der Waals surface area contributed by atoms with Gasteiger partial charge < -0.3 is 25.4 Å². The van der Waals surface area contributed by atoms with E-state index in [-0.39, 0.29) is 36.3 Å². The zero-order chi connectivity index (χ0) is 21.6. The largest absolute Gasteiger partial charge is 0.491 e. The Balaban J connectivity index is 2.37. The lowest BCUT2D eigenvalue weighted by atomic mass is 9.97. The molecule has 3 amide bonds. The molecule has 9 heteroatoms. The highest BCUT2D eigenvalue weighted by atomic mass is 16.5. The van der Waals surface area contributed by atoms with Crippen LogP contribution in [-0.4, -0.2) is 66.0 Å². The second kappa shape index (κ2) is 9.90. The molecule has 0 fully saturated rings. The summed E-state index contributed by atoms with van der Waals surface area (Å²) in [6.45, 7) is 4.13. The third-order valence-electron chi connectivity index (χ3n) is 4.98. The summed E-state index contributed by atoms with van der Waals surface area (Å²) in [6, 6.07) is 4.17. The molecular formula is C20H27N3O6. The number of amides is 3. The minimum atomic E-state index is -1.44. The fourth-order valence-corrected chi connectivity index (χ4v) is 2.96. The van der Waals surface area contributed by atoms with Crippen LogP contribution in [0.1, 0.15) is 37.0 Å². The van der Waals surface area contributed by atoms with Gasteiger partial charge >= 0.3 is 5.97 Å². The lowest BCUT2D eigenvalue weighted by Crippen LogP contribution is -2.53. The van der Waals surface area contributed by atoms with Crippen LogP contribution in [0.2, 0.25) is 0 Å². The fourth-order valence-electron chi connectivity index (χ4n) is 2.96. The molecule has 0 unspecified atom stereocenters. The van der Waals surface area contributed by atoms with Gasteiger partial charge in [0, 0.05) is 7.05 Å². The van der Waals surface area contributed by atoms with E-state index in [2.05, 4.69) is 10.6 Å². The zero-order valence-corrected chi connectivity index (χ0v) is 16.8. The van der Waals surface area contributed by atoms with Crippen molar-refractivity contribution < 1.29 is 29.0 Å². The van der Waals surface area contributed by atoms with Crippen LogP contribution in [-0.2, 0) is 14.4 Å². The molecule has 2 rings (SSSR count). The van der Waals surface area contributed by atoms with Crippen molar-refractivity contribution in [1.82, 2.24) is 15.5 Å². The van der Waals surface area contributed by atoms with Crippen LogP contribution in [0.4, 0.5) is 0 Å². The average Bonchev–Trinajstić information content (AvgIpc) is 2.69. The van der Waals surface area contributed by atoms with Crippen molar-refractivity contribution in [2.75, 3.05) is 20.2 Å². The van der Waals surface area contributed by atoms with Crippen molar-refractivity contribution in [3.63, 3.8) is 0 Å². The van der Waals surface area contributed by atoms with Gasteiger partial charge in [-0.15, -0.1) is 0 Å². The number of ether oxygens (including phenoxy) is 1. The number of carbonyl (C=O) groups excluding carboxylic acids is 3. The summed E-state index contributed by atoms with van der Waals surface area (Å²) in [4.78, 5) is 50.9. The van der Waals surface area contributed by atoms with Gasteiger partial charge in [-0.1, -0.05) is 32.4 Å². The number of nitrogens with zero attached hydrogens (tertiary/aromatic N) is 1. The fraction of sp³-hybridized carbons (Fsp3) is 0.500. The highest BCUT2D eigenvalue weighted by molar-refractivity contribution is 6.00. The summed E-state index contributed by atoms with van der Waals surface area (Å²) in [5.41, 5.74) is 0.155. The Morgan fingerprint density at radius 3 is 2.62 bits per heavy atom. The molecule has 0 saturated heterocycles. The van der Waals surface area contributed by atoms with Gasteiger partial charge in [0.25, 0.3) is 5.91 Å². The zero-order valence-electron chi connectivity index (χ0n) is 16.8. The number of para-hydroxylation sites is 1. The second-order valence-electron chi connectivity index (χ2n) is 7.10. The summed E-state index contributed by atoms with van der Waals surface area (Å²) < 4.78 is 5.67. The summed E-state index contributed by atoms with van der Waals surface area (Å²) >= 11 is 0. The smallest absolute Gasteiger partial charge is 0.326 e. The molecule has 0 spiro atoms. The quantitative estimate of drug-likeness (QED) is 0.678. The number of hydrogen-bond acceptors (Lipinski definition) is 5. The monoisotopic (exact) mass is 405 g/mol. The third-order valence-corrected chi connectivity index (χ3v) is 4.98.